The lowest BCUT2D eigenvalue weighted by molar-refractivity contribution is -0.124. The van der Waals surface area contributed by atoms with E-state index in [2.05, 4.69) is 5.32 Å². The third kappa shape index (κ3) is 4.98. The minimum atomic E-state index is -0.978. The Hall–Kier alpha value is -4.00. The van der Waals surface area contributed by atoms with Gasteiger partial charge < -0.3 is 10.2 Å². The molecule has 1 saturated heterocycles. The number of amides is 4. The van der Waals surface area contributed by atoms with Crippen molar-refractivity contribution in [2.24, 2.45) is 0 Å². The zero-order valence-electron chi connectivity index (χ0n) is 19.1. The van der Waals surface area contributed by atoms with Gasteiger partial charge in [-0.05, 0) is 60.9 Å². The molecule has 0 bridgehead atoms. The van der Waals surface area contributed by atoms with Crippen LogP contribution in [0.4, 0.5) is 20.6 Å². The number of nitrogens with zero attached hydrogens (tertiary/aromatic N) is 2. The van der Waals surface area contributed by atoms with Crippen molar-refractivity contribution in [1.29, 1.82) is 0 Å². The summed E-state index contributed by atoms with van der Waals surface area (Å²) in [5.41, 5.74) is 3.88. The van der Waals surface area contributed by atoms with Gasteiger partial charge in [0.05, 0.1) is 12.1 Å². The Kier molecular flexibility index (Phi) is 6.72. The minimum Gasteiger partial charge on any atom is -0.326 e. The minimum absolute atomic E-state index is 0.0797. The molecule has 174 valence electrons. The normalized spacial score (nSPS) is 15.7. The summed E-state index contributed by atoms with van der Waals surface area (Å²) in [6, 6.07) is 18.8. The maximum absolute atomic E-state index is 13.4. The van der Waals surface area contributed by atoms with Crippen molar-refractivity contribution in [1.82, 2.24) is 4.90 Å². The Morgan fingerprint density at radius 2 is 1.53 bits per heavy atom. The Labute approximate surface area is 198 Å². The summed E-state index contributed by atoms with van der Waals surface area (Å²) in [7, 11) is 0. The molecule has 0 aliphatic carbocycles. The first-order valence-corrected chi connectivity index (χ1v) is 11.2. The van der Waals surface area contributed by atoms with Gasteiger partial charge >= 0.3 is 6.03 Å². The lowest BCUT2D eigenvalue weighted by Crippen LogP contribution is -2.37. The van der Waals surface area contributed by atoms with Crippen LogP contribution in [0.1, 0.15) is 30.0 Å². The van der Waals surface area contributed by atoms with Crippen LogP contribution in [-0.4, -0.2) is 28.8 Å². The lowest BCUT2D eigenvalue weighted by atomic mass is 10.1. The topological polar surface area (TPSA) is 69.7 Å². The van der Waals surface area contributed by atoms with Gasteiger partial charge in [-0.2, -0.15) is 0 Å². The van der Waals surface area contributed by atoms with Crippen LogP contribution in [0, 0.1) is 12.7 Å². The highest BCUT2D eigenvalue weighted by atomic mass is 19.1. The molecule has 4 amide bonds. The third-order valence-corrected chi connectivity index (χ3v) is 5.90. The summed E-state index contributed by atoms with van der Waals surface area (Å²) < 4.78 is 13.4. The second-order valence-electron chi connectivity index (χ2n) is 8.36. The van der Waals surface area contributed by atoms with Gasteiger partial charge in [-0.25, -0.2) is 14.1 Å². The molecule has 0 aromatic heterocycles. The molecule has 0 saturated carbocycles. The molecule has 3 aromatic rings. The molecule has 4 rings (SSSR count). The molecule has 3 aromatic carbocycles. The van der Waals surface area contributed by atoms with Crippen LogP contribution >= 0.6 is 0 Å². The molecule has 1 aliphatic rings. The predicted octanol–water partition coefficient (Wildman–Crippen LogP) is 5.06. The van der Waals surface area contributed by atoms with Gasteiger partial charge in [-0.1, -0.05) is 48.9 Å². The molecule has 1 aliphatic heterocycles. The largest absolute Gasteiger partial charge is 0.332 e. The van der Waals surface area contributed by atoms with E-state index in [0.29, 0.717) is 16.9 Å². The van der Waals surface area contributed by atoms with E-state index in [-0.39, 0.29) is 24.7 Å². The highest BCUT2D eigenvalue weighted by Crippen LogP contribution is 2.29. The summed E-state index contributed by atoms with van der Waals surface area (Å²) in [6.45, 7) is 4.04. The number of rotatable bonds is 7. The Balaban J connectivity index is 1.58. The number of hydrogen-bond acceptors (Lipinski definition) is 3. The summed E-state index contributed by atoms with van der Waals surface area (Å²) in [6.07, 6.45) is 0.698. The first-order chi connectivity index (χ1) is 16.4. The number of benzene rings is 3. The van der Waals surface area contributed by atoms with Gasteiger partial charge in [-0.3, -0.25) is 9.59 Å². The van der Waals surface area contributed by atoms with Crippen molar-refractivity contribution in [3.63, 3.8) is 0 Å². The summed E-state index contributed by atoms with van der Waals surface area (Å²) in [4.78, 5) is 42.0. The van der Waals surface area contributed by atoms with Gasteiger partial charge in [0, 0.05) is 12.2 Å². The number of nitrogens with one attached hydrogen (secondary N) is 1. The van der Waals surface area contributed by atoms with Crippen LogP contribution in [-0.2, 0) is 22.6 Å². The van der Waals surface area contributed by atoms with E-state index in [1.54, 1.807) is 24.3 Å². The fourth-order valence-corrected chi connectivity index (χ4v) is 3.94. The molecule has 1 heterocycles. The van der Waals surface area contributed by atoms with Crippen molar-refractivity contribution in [2.75, 3.05) is 10.2 Å². The number of anilines is 2. The molecule has 0 unspecified atom stereocenters. The maximum atomic E-state index is 13.4. The molecule has 34 heavy (non-hydrogen) atoms. The Bertz CT molecular complexity index is 1190. The molecule has 7 heteroatoms. The highest BCUT2D eigenvalue weighted by molar-refractivity contribution is 6.22. The van der Waals surface area contributed by atoms with Crippen LogP contribution in [0.25, 0.3) is 0 Å². The average molecular weight is 460 g/mol. The highest BCUT2D eigenvalue weighted by Gasteiger charge is 2.46. The monoisotopic (exact) mass is 459 g/mol. The third-order valence-electron chi connectivity index (χ3n) is 5.90. The number of aryl methyl sites for hydroxylation is 2. The predicted molar refractivity (Wildman–Crippen MR) is 129 cm³/mol. The molecule has 6 nitrogen and oxygen atoms in total. The van der Waals surface area contributed by atoms with Crippen LogP contribution in [0.2, 0.25) is 0 Å². The van der Waals surface area contributed by atoms with Gasteiger partial charge in [0.1, 0.15) is 11.9 Å². The molecule has 1 fully saturated rings. The van der Waals surface area contributed by atoms with E-state index in [1.165, 1.54) is 17.0 Å². The number of imide groups is 1. The van der Waals surface area contributed by atoms with Gasteiger partial charge in [0.15, 0.2) is 0 Å². The molecule has 0 spiro atoms. The zero-order valence-corrected chi connectivity index (χ0v) is 19.1. The van der Waals surface area contributed by atoms with Crippen molar-refractivity contribution in [3.05, 3.63) is 95.3 Å². The van der Waals surface area contributed by atoms with Crippen molar-refractivity contribution < 1.29 is 18.8 Å². The zero-order chi connectivity index (χ0) is 24.2. The van der Waals surface area contributed by atoms with Gasteiger partial charge in [0.2, 0.25) is 5.91 Å². The second-order valence-corrected chi connectivity index (χ2v) is 8.36. The summed E-state index contributed by atoms with van der Waals surface area (Å²) >= 11 is 0. The van der Waals surface area contributed by atoms with Crippen LogP contribution < -0.4 is 10.2 Å². The van der Waals surface area contributed by atoms with Crippen LogP contribution in [0.3, 0.4) is 0 Å². The fraction of sp³-hybridized carbons (Fsp3) is 0.222. The Morgan fingerprint density at radius 1 is 0.912 bits per heavy atom. The number of urea groups is 1. The maximum Gasteiger partial charge on any atom is 0.332 e. The van der Waals surface area contributed by atoms with E-state index in [0.717, 1.165) is 22.4 Å². The molecule has 1 N–H and O–H groups in total. The van der Waals surface area contributed by atoms with Crippen molar-refractivity contribution in [2.45, 2.75) is 39.3 Å². The molecule has 1 atom stereocenters. The van der Waals surface area contributed by atoms with Crippen molar-refractivity contribution in [3.8, 4) is 0 Å². The number of halogens is 1. The summed E-state index contributed by atoms with van der Waals surface area (Å²) in [5, 5.41) is 2.81. The SMILES string of the molecule is CCc1ccc(NC(=O)C[C@H]2C(=O)N(c3ccc(C)cc3)C(=O)N2Cc2ccc(F)cc2)cc1. The van der Waals surface area contributed by atoms with Crippen LogP contribution in [0.15, 0.2) is 72.8 Å². The van der Waals surface area contributed by atoms with E-state index in [1.807, 2.05) is 50.2 Å². The van der Waals surface area contributed by atoms with Crippen molar-refractivity contribution >= 4 is 29.2 Å². The number of hydrogen-bond donors (Lipinski definition) is 1. The first-order valence-electron chi connectivity index (χ1n) is 11.2. The van der Waals surface area contributed by atoms with E-state index in [4.69, 9.17) is 0 Å². The van der Waals surface area contributed by atoms with E-state index < -0.39 is 18.0 Å². The quantitative estimate of drug-likeness (QED) is 0.502. The van der Waals surface area contributed by atoms with E-state index in [9.17, 15) is 18.8 Å². The van der Waals surface area contributed by atoms with Gasteiger partial charge in [0.25, 0.3) is 5.91 Å². The van der Waals surface area contributed by atoms with E-state index >= 15 is 0 Å². The summed E-state index contributed by atoms with van der Waals surface area (Å²) in [5.74, 6) is -1.23. The van der Waals surface area contributed by atoms with Crippen LogP contribution in [0.5, 0.6) is 0 Å². The van der Waals surface area contributed by atoms with Gasteiger partial charge in [-0.15, -0.1) is 0 Å². The first kappa shape index (κ1) is 23.2. The number of carbonyl (C=O) groups is 3. The standard InChI is InChI=1S/C27H26FN3O3/c1-3-19-8-12-22(13-9-19)29-25(32)16-24-26(33)31(23-14-4-18(2)5-15-23)27(34)30(24)17-20-6-10-21(28)11-7-20/h4-15,24H,3,16-17H2,1-2H3,(H,29,32)/t24-/m0/s1. The molecule has 0 radical (unpaired) electrons. The molecular formula is C27H26FN3O3. The molecular weight excluding hydrogens is 433 g/mol. The Morgan fingerprint density at radius 3 is 2.15 bits per heavy atom. The lowest BCUT2D eigenvalue weighted by Gasteiger charge is -2.21. The smallest absolute Gasteiger partial charge is 0.326 e. The average Bonchev–Trinajstić information content (AvgIpc) is 3.05. The second kappa shape index (κ2) is 9.87. The fourth-order valence-electron chi connectivity index (χ4n) is 3.94. The number of carbonyl (C=O) groups excluding carboxylic acids is 3.